The highest BCUT2D eigenvalue weighted by Crippen LogP contribution is 2.23. The van der Waals surface area contributed by atoms with Crippen LogP contribution in [-0.4, -0.2) is 25.7 Å². The number of H-pyrrole nitrogens is 1. The molecule has 7 nitrogen and oxygen atoms in total. The Morgan fingerprint density at radius 2 is 2.11 bits per heavy atom. The van der Waals surface area contributed by atoms with E-state index in [-0.39, 0.29) is 10.0 Å². The van der Waals surface area contributed by atoms with Gasteiger partial charge in [-0.2, -0.15) is 5.10 Å². The monoisotopic (exact) mass is 300 g/mol. The minimum absolute atomic E-state index is 0.0724. The van der Waals surface area contributed by atoms with Crippen molar-refractivity contribution in [3.63, 3.8) is 0 Å². The third kappa shape index (κ3) is 3.40. The number of sulfonamides is 1. The Balaban J connectivity index is 2.21. The smallest absolute Gasteiger partial charge is 0.272 e. The summed E-state index contributed by atoms with van der Waals surface area (Å²) in [5.74, 6) is 0.0724. The first kappa shape index (κ1) is 13.7. The summed E-state index contributed by atoms with van der Waals surface area (Å²) in [5, 5.41) is 8.70. The SMILES string of the molecule is CNCc1ccc(S(=O)(=O)Nc2ccc(=O)[nH]n2)s1. The zero-order valence-corrected chi connectivity index (χ0v) is 11.6. The molecule has 0 aliphatic heterocycles. The number of hydrogen-bond acceptors (Lipinski definition) is 6. The van der Waals surface area contributed by atoms with Crippen LogP contribution in [-0.2, 0) is 16.6 Å². The third-order valence-electron chi connectivity index (χ3n) is 2.17. The summed E-state index contributed by atoms with van der Waals surface area (Å²) < 4.78 is 26.6. The van der Waals surface area contributed by atoms with Crippen molar-refractivity contribution in [3.05, 3.63) is 39.5 Å². The molecule has 2 aromatic heterocycles. The molecular weight excluding hydrogens is 288 g/mol. The van der Waals surface area contributed by atoms with Crippen molar-refractivity contribution in [1.29, 1.82) is 0 Å². The van der Waals surface area contributed by atoms with Gasteiger partial charge < -0.3 is 5.32 Å². The van der Waals surface area contributed by atoms with Crippen molar-refractivity contribution >= 4 is 27.2 Å². The van der Waals surface area contributed by atoms with Crippen molar-refractivity contribution in [1.82, 2.24) is 15.5 Å². The number of thiophene rings is 1. The number of nitrogens with one attached hydrogen (secondary N) is 3. The maximum absolute atomic E-state index is 12.1. The topological polar surface area (TPSA) is 104 Å². The van der Waals surface area contributed by atoms with E-state index < -0.39 is 15.6 Å². The average Bonchev–Trinajstić information content (AvgIpc) is 2.82. The summed E-state index contributed by atoms with van der Waals surface area (Å²) in [7, 11) is -1.88. The van der Waals surface area contributed by atoms with Gasteiger partial charge in [0.05, 0.1) is 0 Å². The van der Waals surface area contributed by atoms with E-state index in [0.29, 0.717) is 6.54 Å². The van der Waals surface area contributed by atoms with E-state index in [1.807, 2.05) is 0 Å². The van der Waals surface area contributed by atoms with Gasteiger partial charge in [0.15, 0.2) is 5.82 Å². The molecule has 0 saturated carbocycles. The summed E-state index contributed by atoms with van der Waals surface area (Å²) in [4.78, 5) is 11.7. The van der Waals surface area contributed by atoms with Gasteiger partial charge in [0.25, 0.3) is 15.6 Å². The fourth-order valence-electron chi connectivity index (χ4n) is 1.36. The molecule has 0 spiro atoms. The summed E-state index contributed by atoms with van der Waals surface area (Å²) in [6.07, 6.45) is 0. The van der Waals surface area contributed by atoms with Gasteiger partial charge in [0.2, 0.25) is 0 Å². The van der Waals surface area contributed by atoms with Crippen molar-refractivity contribution in [2.24, 2.45) is 0 Å². The maximum atomic E-state index is 12.1. The lowest BCUT2D eigenvalue weighted by molar-refractivity contribution is 0.603. The molecule has 0 amide bonds. The molecule has 9 heteroatoms. The largest absolute Gasteiger partial charge is 0.315 e. The fraction of sp³-hybridized carbons (Fsp3) is 0.200. The Kier molecular flexibility index (Phi) is 3.98. The number of hydrogen-bond donors (Lipinski definition) is 3. The van der Waals surface area contributed by atoms with Crippen LogP contribution in [0.2, 0.25) is 0 Å². The molecule has 0 aromatic carbocycles. The predicted octanol–water partition coefficient (Wildman–Crippen LogP) is 0.352. The van der Waals surface area contributed by atoms with E-state index in [1.54, 1.807) is 13.1 Å². The molecule has 0 aliphatic rings. The van der Waals surface area contributed by atoms with Crippen molar-refractivity contribution < 1.29 is 8.42 Å². The first-order valence-electron chi connectivity index (χ1n) is 5.33. The fourth-order valence-corrected chi connectivity index (χ4v) is 3.73. The van der Waals surface area contributed by atoms with E-state index in [1.165, 1.54) is 29.5 Å². The minimum atomic E-state index is -3.67. The zero-order chi connectivity index (χ0) is 13.9. The number of rotatable bonds is 5. The lowest BCUT2D eigenvalue weighted by Gasteiger charge is -2.03. The van der Waals surface area contributed by atoms with Crippen LogP contribution in [0, 0.1) is 0 Å². The Labute approximate surface area is 113 Å². The Morgan fingerprint density at radius 1 is 1.32 bits per heavy atom. The number of nitrogens with zero attached hydrogens (tertiary/aromatic N) is 1. The molecule has 0 radical (unpaired) electrons. The molecule has 0 fully saturated rings. The normalized spacial score (nSPS) is 11.4. The van der Waals surface area contributed by atoms with Crippen molar-refractivity contribution in [2.75, 3.05) is 11.8 Å². The standard InChI is InChI=1S/C10H12N4O3S2/c1-11-6-7-2-5-10(18-7)19(16,17)14-8-3-4-9(15)13-12-8/h2-5,11H,6H2,1H3,(H,12,14)(H,13,15). The van der Waals surface area contributed by atoms with Crippen LogP contribution in [0.15, 0.2) is 33.3 Å². The van der Waals surface area contributed by atoms with Gasteiger partial charge in [-0.3, -0.25) is 9.52 Å². The molecule has 2 heterocycles. The molecule has 102 valence electrons. The molecule has 0 bridgehead atoms. The first-order valence-corrected chi connectivity index (χ1v) is 7.63. The molecule has 3 N–H and O–H groups in total. The summed E-state index contributed by atoms with van der Waals surface area (Å²) >= 11 is 1.17. The zero-order valence-electron chi connectivity index (χ0n) is 10.0. The second-order valence-electron chi connectivity index (χ2n) is 3.66. The third-order valence-corrected chi connectivity index (χ3v) is 5.10. The summed E-state index contributed by atoms with van der Waals surface area (Å²) in [6.45, 7) is 0.608. The highest BCUT2D eigenvalue weighted by Gasteiger charge is 2.17. The summed E-state index contributed by atoms with van der Waals surface area (Å²) in [5.41, 5.74) is -0.393. The van der Waals surface area contributed by atoms with Gasteiger partial charge in [-0.15, -0.1) is 11.3 Å². The van der Waals surface area contributed by atoms with Gasteiger partial charge in [0.1, 0.15) is 4.21 Å². The van der Waals surface area contributed by atoms with E-state index in [2.05, 4.69) is 20.2 Å². The van der Waals surface area contributed by atoms with Crippen LogP contribution in [0.3, 0.4) is 0 Å². The maximum Gasteiger partial charge on any atom is 0.272 e. The van der Waals surface area contributed by atoms with Gasteiger partial charge in [-0.1, -0.05) is 0 Å². The second-order valence-corrected chi connectivity index (χ2v) is 6.74. The van der Waals surface area contributed by atoms with Gasteiger partial charge in [-0.25, -0.2) is 13.5 Å². The van der Waals surface area contributed by atoms with Gasteiger partial charge >= 0.3 is 0 Å². The van der Waals surface area contributed by atoms with E-state index in [0.717, 1.165) is 4.88 Å². The molecule has 0 aliphatic carbocycles. The molecule has 0 atom stereocenters. The summed E-state index contributed by atoms with van der Waals surface area (Å²) in [6, 6.07) is 5.78. The minimum Gasteiger partial charge on any atom is -0.315 e. The molecule has 2 rings (SSSR count). The van der Waals surface area contributed by atoms with Crippen LogP contribution < -0.4 is 15.6 Å². The average molecular weight is 300 g/mol. The highest BCUT2D eigenvalue weighted by atomic mass is 32.2. The molecule has 2 aromatic rings. The first-order chi connectivity index (χ1) is 9.01. The van der Waals surface area contributed by atoms with Crippen LogP contribution in [0.5, 0.6) is 0 Å². The van der Waals surface area contributed by atoms with Crippen LogP contribution in [0.4, 0.5) is 5.82 Å². The quantitative estimate of drug-likeness (QED) is 0.739. The second kappa shape index (κ2) is 5.51. The van der Waals surface area contributed by atoms with Gasteiger partial charge in [-0.05, 0) is 25.2 Å². The molecule has 0 unspecified atom stereocenters. The van der Waals surface area contributed by atoms with Crippen LogP contribution in [0.25, 0.3) is 0 Å². The van der Waals surface area contributed by atoms with Crippen LogP contribution >= 0.6 is 11.3 Å². The molecule has 19 heavy (non-hydrogen) atoms. The lowest BCUT2D eigenvalue weighted by atomic mass is 10.5. The Bertz CT molecular complexity index is 700. The van der Waals surface area contributed by atoms with Crippen molar-refractivity contribution in [3.8, 4) is 0 Å². The Morgan fingerprint density at radius 3 is 2.74 bits per heavy atom. The van der Waals surface area contributed by atoms with Gasteiger partial charge in [0, 0.05) is 17.5 Å². The van der Waals surface area contributed by atoms with Crippen LogP contribution in [0.1, 0.15) is 4.88 Å². The highest BCUT2D eigenvalue weighted by molar-refractivity contribution is 7.94. The number of aromatic nitrogens is 2. The predicted molar refractivity (Wildman–Crippen MR) is 72.7 cm³/mol. The van der Waals surface area contributed by atoms with E-state index in [9.17, 15) is 13.2 Å². The molecule has 0 saturated heterocycles. The number of aromatic amines is 1. The van der Waals surface area contributed by atoms with Crippen molar-refractivity contribution in [2.45, 2.75) is 10.8 Å². The van der Waals surface area contributed by atoms with E-state index >= 15 is 0 Å². The number of anilines is 1. The Hall–Kier alpha value is -1.71. The lowest BCUT2D eigenvalue weighted by Crippen LogP contribution is -2.15. The van der Waals surface area contributed by atoms with E-state index in [4.69, 9.17) is 0 Å². The molecular formula is C10H12N4O3S2.